The number of aromatic nitrogens is 2. The maximum Gasteiger partial charge on any atom is 0.416 e. The summed E-state index contributed by atoms with van der Waals surface area (Å²) in [6.45, 7) is 1.71. The van der Waals surface area contributed by atoms with Crippen LogP contribution in [0.4, 0.5) is 27.6 Å². The number of anilines is 1. The van der Waals surface area contributed by atoms with Crippen molar-refractivity contribution in [3.05, 3.63) is 76.6 Å². The average molecular weight is 407 g/mol. The molecule has 1 amide bonds. The first kappa shape index (κ1) is 19.1. The van der Waals surface area contributed by atoms with E-state index in [2.05, 4.69) is 5.10 Å². The molecule has 29 heavy (non-hydrogen) atoms. The second kappa shape index (κ2) is 6.68. The highest BCUT2D eigenvalue weighted by atomic mass is 19.4. The molecular formula is C20H14F5N3O. The van der Waals surface area contributed by atoms with Crippen LogP contribution in [0.5, 0.6) is 0 Å². The number of benzene rings is 2. The van der Waals surface area contributed by atoms with Crippen molar-refractivity contribution in [2.24, 2.45) is 0 Å². The van der Waals surface area contributed by atoms with Gasteiger partial charge in [-0.15, -0.1) is 0 Å². The molecule has 0 saturated carbocycles. The fourth-order valence-corrected chi connectivity index (χ4v) is 3.47. The zero-order valence-corrected chi connectivity index (χ0v) is 15.1. The maximum absolute atomic E-state index is 13.9. The molecule has 2 heterocycles. The largest absolute Gasteiger partial charge is 0.416 e. The number of amides is 1. The number of hydrogen-bond acceptors (Lipinski definition) is 2. The number of nitrogens with zero attached hydrogens (tertiary/aromatic N) is 3. The summed E-state index contributed by atoms with van der Waals surface area (Å²) in [5.41, 5.74) is 0.174. The summed E-state index contributed by atoms with van der Waals surface area (Å²) in [6.07, 6.45) is -3.03. The van der Waals surface area contributed by atoms with Gasteiger partial charge in [0.2, 0.25) is 0 Å². The smallest absolute Gasteiger partial charge is 0.307 e. The third-order valence-electron chi connectivity index (χ3n) is 4.92. The molecule has 0 N–H and O–H groups in total. The Kier molecular flexibility index (Phi) is 4.40. The van der Waals surface area contributed by atoms with Crippen molar-refractivity contribution in [1.82, 2.24) is 9.78 Å². The Morgan fingerprint density at radius 1 is 1.14 bits per heavy atom. The molecule has 4 nitrogen and oxygen atoms in total. The molecule has 0 spiro atoms. The lowest BCUT2D eigenvalue weighted by Crippen LogP contribution is -2.29. The van der Waals surface area contributed by atoms with E-state index in [9.17, 15) is 26.7 Å². The molecule has 0 saturated heterocycles. The number of rotatable bonds is 2. The van der Waals surface area contributed by atoms with Crippen molar-refractivity contribution in [2.75, 3.05) is 11.4 Å². The normalized spacial score (nSPS) is 13.7. The highest BCUT2D eigenvalue weighted by Crippen LogP contribution is 2.33. The highest BCUT2D eigenvalue weighted by molar-refractivity contribution is 6.08. The Morgan fingerprint density at radius 2 is 1.90 bits per heavy atom. The van der Waals surface area contributed by atoms with Crippen molar-refractivity contribution in [1.29, 1.82) is 0 Å². The van der Waals surface area contributed by atoms with Crippen LogP contribution in [0, 0.1) is 18.6 Å². The number of carbonyl (C=O) groups is 1. The van der Waals surface area contributed by atoms with Crippen LogP contribution in [0.25, 0.3) is 5.69 Å². The van der Waals surface area contributed by atoms with Gasteiger partial charge in [0.25, 0.3) is 5.91 Å². The van der Waals surface area contributed by atoms with E-state index in [-0.39, 0.29) is 35.5 Å². The quantitative estimate of drug-likeness (QED) is 0.579. The third-order valence-corrected chi connectivity index (χ3v) is 4.92. The predicted molar refractivity (Wildman–Crippen MR) is 95.0 cm³/mol. The van der Waals surface area contributed by atoms with Crippen LogP contribution in [-0.2, 0) is 12.6 Å². The molecule has 3 aromatic rings. The summed E-state index contributed by atoms with van der Waals surface area (Å²) >= 11 is 0. The Morgan fingerprint density at radius 3 is 2.62 bits per heavy atom. The van der Waals surface area contributed by atoms with Gasteiger partial charge in [0.15, 0.2) is 0 Å². The summed E-state index contributed by atoms with van der Waals surface area (Å²) in [4.78, 5) is 14.2. The third kappa shape index (κ3) is 3.26. The summed E-state index contributed by atoms with van der Waals surface area (Å²) in [5, 5.41) is 4.05. The SMILES string of the molecule is Cc1c(C(=O)N2CCc3c(F)cc(F)cc32)cnn1-c1cccc(C(F)(F)F)c1. The van der Waals surface area contributed by atoms with Crippen molar-refractivity contribution in [3.8, 4) is 5.69 Å². The second-order valence-corrected chi connectivity index (χ2v) is 6.70. The molecular weight excluding hydrogens is 393 g/mol. The molecule has 0 bridgehead atoms. The van der Waals surface area contributed by atoms with E-state index >= 15 is 0 Å². The van der Waals surface area contributed by atoms with Gasteiger partial charge < -0.3 is 4.90 Å². The van der Waals surface area contributed by atoms with Crippen LogP contribution in [0.2, 0.25) is 0 Å². The molecule has 4 rings (SSSR count). The Hall–Kier alpha value is -3.23. The molecule has 0 atom stereocenters. The van der Waals surface area contributed by atoms with E-state index in [0.29, 0.717) is 5.69 Å². The lowest BCUT2D eigenvalue weighted by Gasteiger charge is -2.17. The maximum atomic E-state index is 13.9. The average Bonchev–Trinajstić information content (AvgIpc) is 3.24. The summed E-state index contributed by atoms with van der Waals surface area (Å²) in [6, 6.07) is 6.44. The number of carbonyl (C=O) groups excluding carboxylic acids is 1. The standard InChI is InChI=1S/C20H14F5N3O/c1-11-16(10-26-28(11)14-4-2-3-12(7-14)20(23,24)25)19(29)27-6-5-15-17(22)8-13(21)9-18(15)27/h2-4,7-10H,5-6H2,1H3. The van der Waals surface area contributed by atoms with Crippen molar-refractivity contribution in [2.45, 2.75) is 19.5 Å². The minimum absolute atomic E-state index is 0.139. The van der Waals surface area contributed by atoms with Crippen LogP contribution < -0.4 is 4.90 Å². The fourth-order valence-electron chi connectivity index (χ4n) is 3.47. The molecule has 0 fully saturated rings. The molecule has 0 aliphatic carbocycles. The van der Waals surface area contributed by atoms with Crippen LogP contribution >= 0.6 is 0 Å². The lowest BCUT2D eigenvalue weighted by molar-refractivity contribution is -0.137. The molecule has 0 unspecified atom stereocenters. The van der Waals surface area contributed by atoms with Gasteiger partial charge in [-0.25, -0.2) is 13.5 Å². The molecule has 150 valence electrons. The molecule has 0 radical (unpaired) electrons. The second-order valence-electron chi connectivity index (χ2n) is 6.70. The molecule has 1 aromatic heterocycles. The molecule has 1 aliphatic heterocycles. The van der Waals surface area contributed by atoms with Crippen molar-refractivity contribution >= 4 is 11.6 Å². The monoisotopic (exact) mass is 407 g/mol. The van der Waals surface area contributed by atoms with Gasteiger partial charge in [0.05, 0.1) is 34.4 Å². The van der Waals surface area contributed by atoms with E-state index < -0.39 is 29.3 Å². The fraction of sp³-hybridized carbons (Fsp3) is 0.200. The van der Waals surface area contributed by atoms with Crippen molar-refractivity contribution in [3.63, 3.8) is 0 Å². The minimum atomic E-state index is -4.51. The number of fused-ring (bicyclic) bond motifs is 1. The summed E-state index contributed by atoms with van der Waals surface area (Å²) in [7, 11) is 0. The van der Waals surface area contributed by atoms with E-state index in [1.807, 2.05) is 0 Å². The van der Waals surface area contributed by atoms with E-state index in [1.54, 1.807) is 6.92 Å². The molecule has 1 aliphatic rings. The highest BCUT2D eigenvalue weighted by Gasteiger charge is 2.32. The molecule has 2 aromatic carbocycles. The zero-order valence-electron chi connectivity index (χ0n) is 15.1. The van der Waals surface area contributed by atoms with Gasteiger partial charge in [-0.2, -0.15) is 18.3 Å². The van der Waals surface area contributed by atoms with E-state index in [0.717, 1.165) is 24.3 Å². The van der Waals surface area contributed by atoms with Crippen LogP contribution in [0.1, 0.15) is 27.2 Å². The van der Waals surface area contributed by atoms with Gasteiger partial charge in [0.1, 0.15) is 11.6 Å². The number of halogens is 5. The zero-order chi connectivity index (χ0) is 20.9. The Labute approximate surface area is 162 Å². The van der Waals surface area contributed by atoms with Crippen LogP contribution in [0.3, 0.4) is 0 Å². The first-order chi connectivity index (χ1) is 13.7. The summed E-state index contributed by atoms with van der Waals surface area (Å²) in [5.74, 6) is -2.03. The first-order valence-corrected chi connectivity index (χ1v) is 8.69. The van der Waals surface area contributed by atoms with Gasteiger partial charge in [0, 0.05) is 18.2 Å². The Bertz CT molecular complexity index is 1120. The molecule has 9 heteroatoms. The van der Waals surface area contributed by atoms with Gasteiger partial charge in [-0.3, -0.25) is 4.79 Å². The van der Waals surface area contributed by atoms with Gasteiger partial charge in [-0.05, 0) is 37.6 Å². The number of alkyl halides is 3. The Balaban J connectivity index is 1.70. The minimum Gasteiger partial charge on any atom is -0.307 e. The van der Waals surface area contributed by atoms with Crippen molar-refractivity contribution < 1.29 is 26.7 Å². The van der Waals surface area contributed by atoms with E-state index in [4.69, 9.17) is 0 Å². The van der Waals surface area contributed by atoms with E-state index in [1.165, 1.54) is 27.9 Å². The summed E-state index contributed by atoms with van der Waals surface area (Å²) < 4.78 is 67.7. The predicted octanol–water partition coefficient (Wildman–Crippen LogP) is 4.68. The van der Waals surface area contributed by atoms with Crippen LogP contribution in [-0.4, -0.2) is 22.2 Å². The van der Waals surface area contributed by atoms with Gasteiger partial charge >= 0.3 is 6.18 Å². The first-order valence-electron chi connectivity index (χ1n) is 8.69. The van der Waals surface area contributed by atoms with Gasteiger partial charge in [-0.1, -0.05) is 6.07 Å². The topological polar surface area (TPSA) is 38.1 Å². The van der Waals surface area contributed by atoms with Crippen LogP contribution in [0.15, 0.2) is 42.6 Å². The number of hydrogen-bond donors (Lipinski definition) is 0. The lowest BCUT2D eigenvalue weighted by atomic mass is 10.1.